The van der Waals surface area contributed by atoms with E-state index in [0.717, 1.165) is 0 Å². The highest BCUT2D eigenvalue weighted by Crippen LogP contribution is 2.12. The molecule has 0 radical (unpaired) electrons. The van der Waals surface area contributed by atoms with Crippen molar-refractivity contribution in [2.45, 2.75) is 12.5 Å². The van der Waals surface area contributed by atoms with Gasteiger partial charge in [-0.3, -0.25) is 0 Å². The van der Waals surface area contributed by atoms with E-state index in [1.165, 1.54) is 12.1 Å². The Morgan fingerprint density at radius 1 is 1.53 bits per heavy atom. The first-order valence-electron chi connectivity index (χ1n) is 4.92. The number of hydrogen-bond donors (Lipinski definition) is 2. The summed E-state index contributed by atoms with van der Waals surface area (Å²) in [6.07, 6.45) is 0.617. The van der Waals surface area contributed by atoms with Crippen molar-refractivity contribution in [3.8, 4) is 5.75 Å². The Hall–Kier alpha value is -1.13. The number of likely N-dealkylation sites (N-methyl/N-ethyl adjacent to an activating group) is 1. The zero-order valence-corrected chi connectivity index (χ0v) is 8.74. The van der Waals surface area contributed by atoms with E-state index in [2.05, 4.69) is 5.32 Å². The predicted molar refractivity (Wildman–Crippen MR) is 56.4 cm³/mol. The average Bonchev–Trinajstić information content (AvgIpc) is 2.24. The van der Waals surface area contributed by atoms with Crippen LogP contribution in [0.25, 0.3) is 0 Å². The van der Waals surface area contributed by atoms with Crippen LogP contribution in [0.5, 0.6) is 5.75 Å². The number of aliphatic hydroxyl groups is 1. The lowest BCUT2D eigenvalue weighted by Crippen LogP contribution is -2.32. The Bertz CT molecular complexity index is 294. The molecule has 2 N–H and O–H groups in total. The number of benzene rings is 1. The molecule has 0 bridgehead atoms. The lowest BCUT2D eigenvalue weighted by atomic mass is 10.2. The van der Waals surface area contributed by atoms with Gasteiger partial charge in [0.25, 0.3) is 0 Å². The third kappa shape index (κ3) is 4.27. The SMILES string of the molecule is CNC(CCO)COc1cccc(F)c1. The zero-order valence-electron chi connectivity index (χ0n) is 8.74. The zero-order chi connectivity index (χ0) is 11.1. The van der Waals surface area contributed by atoms with Crippen LogP contribution < -0.4 is 10.1 Å². The standard InChI is InChI=1S/C11H16FNO2/c1-13-10(5-6-14)8-15-11-4-2-3-9(12)7-11/h2-4,7,10,13-14H,5-6,8H2,1H3. The molecule has 4 heteroatoms. The van der Waals surface area contributed by atoms with Crippen LogP contribution in [0.15, 0.2) is 24.3 Å². The summed E-state index contributed by atoms with van der Waals surface area (Å²) in [5, 5.41) is 11.8. The van der Waals surface area contributed by atoms with Gasteiger partial charge < -0.3 is 15.2 Å². The Morgan fingerprint density at radius 3 is 2.93 bits per heavy atom. The maximum atomic E-state index is 12.8. The van der Waals surface area contributed by atoms with Crippen molar-refractivity contribution in [2.24, 2.45) is 0 Å². The monoisotopic (exact) mass is 213 g/mol. The molecule has 0 aromatic heterocycles. The molecule has 1 unspecified atom stereocenters. The summed E-state index contributed by atoms with van der Waals surface area (Å²) in [5.41, 5.74) is 0. The molecule has 84 valence electrons. The summed E-state index contributed by atoms with van der Waals surface area (Å²) in [5.74, 6) is 0.198. The third-order valence-corrected chi connectivity index (χ3v) is 2.13. The average molecular weight is 213 g/mol. The normalized spacial score (nSPS) is 12.5. The fraction of sp³-hybridized carbons (Fsp3) is 0.455. The van der Waals surface area contributed by atoms with Gasteiger partial charge in [0.05, 0.1) is 0 Å². The molecule has 0 aliphatic rings. The molecule has 0 spiro atoms. The molecular formula is C11H16FNO2. The molecule has 3 nitrogen and oxygen atoms in total. The van der Waals surface area contributed by atoms with Gasteiger partial charge in [0, 0.05) is 18.7 Å². The van der Waals surface area contributed by atoms with Crippen LogP contribution in [0.2, 0.25) is 0 Å². The highest BCUT2D eigenvalue weighted by atomic mass is 19.1. The van der Waals surface area contributed by atoms with Crippen LogP contribution in [-0.4, -0.2) is 31.4 Å². The number of halogens is 1. The van der Waals surface area contributed by atoms with Gasteiger partial charge in [-0.2, -0.15) is 0 Å². The Kier molecular flexibility index (Phi) is 5.07. The summed E-state index contributed by atoms with van der Waals surface area (Å²) in [6, 6.07) is 6.10. The van der Waals surface area contributed by atoms with E-state index in [9.17, 15) is 4.39 Å². The number of ether oxygens (including phenoxy) is 1. The van der Waals surface area contributed by atoms with Crippen LogP contribution >= 0.6 is 0 Å². The molecule has 0 aliphatic carbocycles. The van der Waals surface area contributed by atoms with Crippen molar-refractivity contribution >= 4 is 0 Å². The lowest BCUT2D eigenvalue weighted by Gasteiger charge is -2.15. The second kappa shape index (κ2) is 6.37. The number of aliphatic hydroxyl groups excluding tert-OH is 1. The molecule has 1 aromatic carbocycles. The third-order valence-electron chi connectivity index (χ3n) is 2.13. The smallest absolute Gasteiger partial charge is 0.126 e. The Morgan fingerprint density at radius 2 is 2.33 bits per heavy atom. The molecule has 0 saturated heterocycles. The number of hydrogen-bond acceptors (Lipinski definition) is 3. The van der Waals surface area contributed by atoms with Gasteiger partial charge in [0.1, 0.15) is 18.2 Å². The second-order valence-corrected chi connectivity index (χ2v) is 3.27. The van der Waals surface area contributed by atoms with Crippen LogP contribution in [0.1, 0.15) is 6.42 Å². The minimum absolute atomic E-state index is 0.0817. The molecule has 1 atom stereocenters. The Balaban J connectivity index is 2.41. The largest absolute Gasteiger partial charge is 0.492 e. The van der Waals surface area contributed by atoms with Gasteiger partial charge in [-0.05, 0) is 25.6 Å². The van der Waals surface area contributed by atoms with Gasteiger partial charge >= 0.3 is 0 Å². The maximum absolute atomic E-state index is 12.8. The summed E-state index contributed by atoms with van der Waals surface area (Å²) in [7, 11) is 1.80. The number of nitrogens with one attached hydrogen (secondary N) is 1. The van der Waals surface area contributed by atoms with Crippen LogP contribution in [0.4, 0.5) is 4.39 Å². The van der Waals surface area contributed by atoms with E-state index in [1.54, 1.807) is 19.2 Å². The van der Waals surface area contributed by atoms with E-state index < -0.39 is 0 Å². The van der Waals surface area contributed by atoms with Crippen molar-refractivity contribution in [3.05, 3.63) is 30.1 Å². The first-order chi connectivity index (χ1) is 7.26. The van der Waals surface area contributed by atoms with Crippen LogP contribution in [0, 0.1) is 5.82 Å². The van der Waals surface area contributed by atoms with E-state index >= 15 is 0 Å². The molecule has 0 aliphatic heterocycles. The lowest BCUT2D eigenvalue weighted by molar-refractivity contribution is 0.218. The molecule has 0 amide bonds. The van der Waals surface area contributed by atoms with Crippen molar-refractivity contribution < 1.29 is 14.2 Å². The van der Waals surface area contributed by atoms with Gasteiger partial charge in [-0.15, -0.1) is 0 Å². The van der Waals surface area contributed by atoms with E-state index in [1.807, 2.05) is 0 Å². The molecular weight excluding hydrogens is 197 g/mol. The first-order valence-corrected chi connectivity index (χ1v) is 4.92. The highest BCUT2D eigenvalue weighted by Gasteiger charge is 2.06. The molecule has 15 heavy (non-hydrogen) atoms. The van der Waals surface area contributed by atoms with Crippen molar-refractivity contribution in [1.29, 1.82) is 0 Å². The second-order valence-electron chi connectivity index (χ2n) is 3.27. The van der Waals surface area contributed by atoms with E-state index in [-0.39, 0.29) is 18.5 Å². The van der Waals surface area contributed by atoms with E-state index in [4.69, 9.17) is 9.84 Å². The summed E-state index contributed by atoms with van der Waals surface area (Å²) in [6.45, 7) is 0.526. The van der Waals surface area contributed by atoms with Crippen molar-refractivity contribution in [2.75, 3.05) is 20.3 Å². The molecule has 0 saturated carbocycles. The van der Waals surface area contributed by atoms with Crippen molar-refractivity contribution in [3.63, 3.8) is 0 Å². The van der Waals surface area contributed by atoms with Gasteiger partial charge in [0.2, 0.25) is 0 Å². The topological polar surface area (TPSA) is 41.5 Å². The van der Waals surface area contributed by atoms with Gasteiger partial charge in [-0.25, -0.2) is 4.39 Å². The van der Waals surface area contributed by atoms with Crippen LogP contribution in [-0.2, 0) is 0 Å². The predicted octanol–water partition coefficient (Wildman–Crippen LogP) is 1.17. The maximum Gasteiger partial charge on any atom is 0.126 e. The van der Waals surface area contributed by atoms with Gasteiger partial charge in [0.15, 0.2) is 0 Å². The molecule has 0 heterocycles. The molecule has 1 rings (SSSR count). The highest BCUT2D eigenvalue weighted by molar-refractivity contribution is 5.22. The molecule has 1 aromatic rings. The van der Waals surface area contributed by atoms with E-state index in [0.29, 0.717) is 18.8 Å². The quantitative estimate of drug-likeness (QED) is 0.745. The minimum atomic E-state index is -0.310. The summed E-state index contributed by atoms with van der Waals surface area (Å²) >= 11 is 0. The van der Waals surface area contributed by atoms with Crippen molar-refractivity contribution in [1.82, 2.24) is 5.32 Å². The fourth-order valence-corrected chi connectivity index (χ4v) is 1.22. The first kappa shape index (κ1) is 11.9. The van der Waals surface area contributed by atoms with Crippen LogP contribution in [0.3, 0.4) is 0 Å². The van der Waals surface area contributed by atoms with Gasteiger partial charge in [-0.1, -0.05) is 6.07 Å². The summed E-state index contributed by atoms with van der Waals surface area (Å²) < 4.78 is 18.2. The Labute approximate surface area is 88.9 Å². The summed E-state index contributed by atoms with van der Waals surface area (Å²) in [4.78, 5) is 0. The molecule has 0 fully saturated rings. The number of rotatable bonds is 6. The minimum Gasteiger partial charge on any atom is -0.492 e. The fourth-order valence-electron chi connectivity index (χ4n) is 1.22.